The molecule has 0 aliphatic carbocycles. The number of pyridine rings is 1. The van der Waals surface area contributed by atoms with E-state index >= 15 is 0 Å². The minimum atomic E-state index is 0.327. The molecule has 0 atom stereocenters. The van der Waals surface area contributed by atoms with Gasteiger partial charge < -0.3 is 4.98 Å². The molecule has 0 aliphatic heterocycles. The van der Waals surface area contributed by atoms with E-state index in [0.717, 1.165) is 11.3 Å². The molecule has 3 heteroatoms. The normalized spacial score (nSPS) is 10.7. The highest BCUT2D eigenvalue weighted by Gasteiger charge is 2.11. The molecule has 0 aromatic carbocycles. The molecule has 0 bridgehead atoms. The molecule has 0 aliphatic rings. The summed E-state index contributed by atoms with van der Waals surface area (Å²) >= 11 is 5.19. The predicted molar refractivity (Wildman–Crippen MR) is 64.5 cm³/mol. The van der Waals surface area contributed by atoms with Gasteiger partial charge in [-0.05, 0) is 23.5 Å². The van der Waals surface area contributed by atoms with Gasteiger partial charge in [0, 0.05) is 5.69 Å². The van der Waals surface area contributed by atoms with Crippen molar-refractivity contribution in [3.63, 3.8) is 0 Å². The van der Waals surface area contributed by atoms with Crippen LogP contribution in [-0.2, 0) is 0 Å². The van der Waals surface area contributed by atoms with Crippen LogP contribution in [0.5, 0.6) is 0 Å². The Labute approximate surface area is 96.0 Å². The van der Waals surface area contributed by atoms with E-state index in [1.807, 2.05) is 0 Å². The zero-order valence-electron chi connectivity index (χ0n) is 9.59. The lowest BCUT2D eigenvalue weighted by molar-refractivity contribution is 0.794. The Morgan fingerprint density at radius 3 is 2.27 bits per heavy atom. The Bertz CT molecular complexity index is 450. The second kappa shape index (κ2) is 4.59. The molecule has 1 aromatic heterocycles. The first-order chi connectivity index (χ1) is 6.97. The lowest BCUT2D eigenvalue weighted by Crippen LogP contribution is -2.01. The minimum Gasteiger partial charge on any atom is -0.349 e. The van der Waals surface area contributed by atoms with E-state index < -0.39 is 0 Å². The number of rotatable bonds is 2. The number of hydrogen-bond acceptors (Lipinski definition) is 2. The number of nitrogens with one attached hydrogen (secondary N) is 1. The van der Waals surface area contributed by atoms with Crippen LogP contribution < -0.4 is 0 Å². The van der Waals surface area contributed by atoms with Crippen LogP contribution in [0.25, 0.3) is 0 Å². The van der Waals surface area contributed by atoms with Crippen molar-refractivity contribution in [3.8, 4) is 6.07 Å². The molecule has 1 N–H and O–H groups in total. The van der Waals surface area contributed by atoms with E-state index in [4.69, 9.17) is 17.5 Å². The average Bonchev–Trinajstić information content (AvgIpc) is 2.16. The number of hydrogen-bond donors (Lipinski definition) is 1. The first-order valence-electron chi connectivity index (χ1n) is 5.14. The molecule has 0 saturated carbocycles. The van der Waals surface area contributed by atoms with Crippen LogP contribution in [0.15, 0.2) is 6.07 Å². The summed E-state index contributed by atoms with van der Waals surface area (Å²) in [4.78, 5) is 3.11. The van der Waals surface area contributed by atoms with Crippen LogP contribution in [-0.4, -0.2) is 4.98 Å². The van der Waals surface area contributed by atoms with Crippen molar-refractivity contribution in [2.75, 3.05) is 0 Å². The fourth-order valence-electron chi connectivity index (χ4n) is 1.48. The van der Waals surface area contributed by atoms with E-state index in [0.29, 0.717) is 22.0 Å². The first kappa shape index (κ1) is 11.9. The van der Waals surface area contributed by atoms with Crippen LogP contribution in [0.2, 0.25) is 0 Å². The van der Waals surface area contributed by atoms with E-state index in [1.165, 1.54) is 0 Å². The lowest BCUT2D eigenvalue weighted by atomic mass is 9.96. The van der Waals surface area contributed by atoms with Gasteiger partial charge in [0.05, 0.1) is 5.56 Å². The van der Waals surface area contributed by atoms with Gasteiger partial charge in [-0.2, -0.15) is 5.26 Å². The Morgan fingerprint density at radius 1 is 1.27 bits per heavy atom. The summed E-state index contributed by atoms with van der Waals surface area (Å²) in [6.45, 7) is 8.37. The Hall–Kier alpha value is -1.14. The standard InChI is InChI=1S/C12H16N2S/c1-7(2)9-5-11(8(3)4)14-12(15)10(9)6-13/h5,7-8H,1-4H3,(H,14,15). The quantitative estimate of drug-likeness (QED) is 0.769. The van der Waals surface area contributed by atoms with Crippen molar-refractivity contribution in [3.05, 3.63) is 27.5 Å². The minimum absolute atomic E-state index is 0.327. The van der Waals surface area contributed by atoms with Crippen molar-refractivity contribution in [2.24, 2.45) is 0 Å². The Kier molecular flexibility index (Phi) is 3.65. The summed E-state index contributed by atoms with van der Waals surface area (Å²) < 4.78 is 0.562. The van der Waals surface area contributed by atoms with Gasteiger partial charge in [-0.15, -0.1) is 0 Å². The van der Waals surface area contributed by atoms with Gasteiger partial charge in [-0.25, -0.2) is 0 Å². The number of H-pyrrole nitrogens is 1. The Balaban J connectivity index is 3.48. The molecule has 1 heterocycles. The van der Waals surface area contributed by atoms with Gasteiger partial charge in [0.15, 0.2) is 0 Å². The van der Waals surface area contributed by atoms with Crippen molar-refractivity contribution in [2.45, 2.75) is 39.5 Å². The molecule has 1 rings (SSSR count). The van der Waals surface area contributed by atoms with Gasteiger partial charge in [0.25, 0.3) is 0 Å². The molecular weight excluding hydrogens is 204 g/mol. The number of aromatic nitrogens is 1. The van der Waals surface area contributed by atoms with Crippen LogP contribution in [0.4, 0.5) is 0 Å². The predicted octanol–water partition coefficient (Wildman–Crippen LogP) is 3.86. The second-order valence-electron chi connectivity index (χ2n) is 4.31. The molecular formula is C12H16N2S. The fourth-order valence-corrected chi connectivity index (χ4v) is 1.76. The van der Waals surface area contributed by atoms with Gasteiger partial charge in [-0.1, -0.05) is 39.9 Å². The van der Waals surface area contributed by atoms with Crippen molar-refractivity contribution in [1.29, 1.82) is 5.26 Å². The molecule has 0 unspecified atom stereocenters. The molecule has 0 radical (unpaired) electrons. The third-order valence-corrected chi connectivity index (χ3v) is 2.75. The highest BCUT2D eigenvalue weighted by Crippen LogP contribution is 2.23. The monoisotopic (exact) mass is 220 g/mol. The summed E-state index contributed by atoms with van der Waals surface area (Å²) in [6, 6.07) is 4.24. The van der Waals surface area contributed by atoms with Gasteiger partial charge >= 0.3 is 0 Å². The Morgan fingerprint density at radius 2 is 1.87 bits per heavy atom. The lowest BCUT2D eigenvalue weighted by Gasteiger charge is -2.13. The second-order valence-corrected chi connectivity index (χ2v) is 4.71. The topological polar surface area (TPSA) is 39.6 Å². The largest absolute Gasteiger partial charge is 0.349 e. The third kappa shape index (κ3) is 2.45. The fraction of sp³-hybridized carbons (Fsp3) is 0.500. The van der Waals surface area contributed by atoms with E-state index in [1.54, 1.807) is 0 Å². The highest BCUT2D eigenvalue weighted by molar-refractivity contribution is 7.71. The van der Waals surface area contributed by atoms with E-state index in [9.17, 15) is 0 Å². The van der Waals surface area contributed by atoms with Crippen molar-refractivity contribution >= 4 is 12.2 Å². The summed E-state index contributed by atoms with van der Waals surface area (Å²) in [7, 11) is 0. The maximum atomic E-state index is 9.04. The van der Waals surface area contributed by atoms with E-state index in [-0.39, 0.29) is 0 Å². The molecule has 0 saturated heterocycles. The molecule has 0 amide bonds. The summed E-state index contributed by atoms with van der Waals surface area (Å²) in [6.07, 6.45) is 0. The van der Waals surface area contributed by atoms with Crippen LogP contribution in [0.3, 0.4) is 0 Å². The zero-order chi connectivity index (χ0) is 11.6. The molecule has 80 valence electrons. The summed E-state index contributed by atoms with van der Waals surface area (Å²) in [5, 5.41) is 9.04. The SMILES string of the molecule is CC(C)c1cc(C(C)C)c(C#N)c(=S)[nH]1. The van der Waals surface area contributed by atoms with Crippen LogP contribution >= 0.6 is 12.2 Å². The number of nitrogens with zero attached hydrogens (tertiary/aromatic N) is 1. The maximum Gasteiger partial charge on any atom is 0.121 e. The molecule has 15 heavy (non-hydrogen) atoms. The first-order valence-corrected chi connectivity index (χ1v) is 5.55. The van der Waals surface area contributed by atoms with Gasteiger partial charge in [0.1, 0.15) is 10.7 Å². The van der Waals surface area contributed by atoms with Crippen LogP contribution in [0, 0.1) is 16.0 Å². The summed E-state index contributed by atoms with van der Waals surface area (Å²) in [5.74, 6) is 0.727. The summed E-state index contributed by atoms with van der Waals surface area (Å²) in [5.41, 5.74) is 2.76. The average molecular weight is 220 g/mol. The smallest absolute Gasteiger partial charge is 0.121 e. The van der Waals surface area contributed by atoms with Crippen molar-refractivity contribution in [1.82, 2.24) is 4.98 Å². The van der Waals surface area contributed by atoms with Crippen molar-refractivity contribution < 1.29 is 0 Å². The number of aromatic amines is 1. The molecule has 2 nitrogen and oxygen atoms in total. The third-order valence-electron chi connectivity index (χ3n) is 2.44. The maximum absolute atomic E-state index is 9.04. The van der Waals surface area contributed by atoms with Crippen LogP contribution in [0.1, 0.15) is 56.4 Å². The zero-order valence-corrected chi connectivity index (χ0v) is 10.4. The van der Waals surface area contributed by atoms with Gasteiger partial charge in [0.2, 0.25) is 0 Å². The molecule has 0 fully saturated rings. The van der Waals surface area contributed by atoms with Gasteiger partial charge in [-0.3, -0.25) is 0 Å². The molecule has 0 spiro atoms. The molecule has 1 aromatic rings. The highest BCUT2D eigenvalue weighted by atomic mass is 32.1. The van der Waals surface area contributed by atoms with E-state index in [2.05, 4.69) is 44.8 Å². The number of nitriles is 1.